The molecule has 0 spiro atoms. The third-order valence-corrected chi connectivity index (χ3v) is 2.43. The van der Waals surface area contributed by atoms with Gasteiger partial charge in [0, 0.05) is 24.0 Å². The maximum atomic E-state index is 5.66. The summed E-state index contributed by atoms with van der Waals surface area (Å²) in [5.41, 5.74) is 8.74. The summed E-state index contributed by atoms with van der Waals surface area (Å²) < 4.78 is 1.98. The third kappa shape index (κ3) is 2.42. The zero-order chi connectivity index (χ0) is 11.5. The number of nitrogen functional groups attached to an aromatic ring is 1. The van der Waals surface area contributed by atoms with Crippen LogP contribution in [0.1, 0.15) is 13.8 Å². The molecule has 0 radical (unpaired) electrons. The van der Waals surface area contributed by atoms with Crippen molar-refractivity contribution >= 4 is 5.69 Å². The molecule has 84 valence electrons. The fourth-order valence-corrected chi connectivity index (χ4v) is 1.66. The quantitative estimate of drug-likeness (QED) is 0.800. The van der Waals surface area contributed by atoms with Gasteiger partial charge in [-0.3, -0.25) is 4.68 Å². The van der Waals surface area contributed by atoms with Gasteiger partial charge in [0.15, 0.2) is 0 Å². The van der Waals surface area contributed by atoms with Crippen molar-refractivity contribution in [2.45, 2.75) is 20.4 Å². The van der Waals surface area contributed by atoms with Crippen LogP contribution in [0.15, 0.2) is 36.7 Å². The van der Waals surface area contributed by atoms with Crippen molar-refractivity contribution in [3.8, 4) is 11.1 Å². The molecule has 2 N–H and O–H groups in total. The number of rotatable bonds is 3. The normalized spacial score (nSPS) is 10.9. The van der Waals surface area contributed by atoms with Gasteiger partial charge in [-0.1, -0.05) is 26.0 Å². The Kier molecular flexibility index (Phi) is 2.95. The van der Waals surface area contributed by atoms with Crippen LogP contribution in [0.4, 0.5) is 5.69 Å². The molecule has 2 rings (SSSR count). The number of hydrogen-bond donors (Lipinski definition) is 1. The van der Waals surface area contributed by atoms with Gasteiger partial charge in [0.25, 0.3) is 0 Å². The minimum atomic E-state index is 0.610. The molecular formula is C13H17N3. The smallest absolute Gasteiger partial charge is 0.0568 e. The topological polar surface area (TPSA) is 43.8 Å². The summed E-state index contributed by atoms with van der Waals surface area (Å²) in [6.07, 6.45) is 3.97. The molecule has 16 heavy (non-hydrogen) atoms. The van der Waals surface area contributed by atoms with Crippen LogP contribution in [0.2, 0.25) is 0 Å². The van der Waals surface area contributed by atoms with Crippen LogP contribution in [0.5, 0.6) is 0 Å². The first-order valence-corrected chi connectivity index (χ1v) is 5.53. The van der Waals surface area contributed by atoms with E-state index in [1.54, 1.807) is 0 Å². The lowest BCUT2D eigenvalue weighted by Crippen LogP contribution is -2.03. The Bertz CT molecular complexity index is 454. The highest BCUT2D eigenvalue weighted by Gasteiger charge is 2.02. The number of anilines is 1. The first-order valence-electron chi connectivity index (χ1n) is 5.53. The lowest BCUT2D eigenvalue weighted by Gasteiger charge is -2.03. The van der Waals surface area contributed by atoms with E-state index < -0.39 is 0 Å². The summed E-state index contributed by atoms with van der Waals surface area (Å²) in [5, 5.41) is 4.34. The maximum Gasteiger partial charge on any atom is 0.0568 e. The molecule has 1 aromatic carbocycles. The minimum Gasteiger partial charge on any atom is -0.399 e. The van der Waals surface area contributed by atoms with E-state index in [-0.39, 0.29) is 0 Å². The van der Waals surface area contributed by atoms with Crippen molar-refractivity contribution in [1.82, 2.24) is 9.78 Å². The van der Waals surface area contributed by atoms with Crippen LogP contribution in [0.3, 0.4) is 0 Å². The number of nitrogens with zero attached hydrogens (tertiary/aromatic N) is 2. The lowest BCUT2D eigenvalue weighted by atomic mass is 10.1. The van der Waals surface area contributed by atoms with E-state index in [4.69, 9.17) is 5.73 Å². The molecule has 3 heteroatoms. The molecule has 2 aromatic rings. The lowest BCUT2D eigenvalue weighted by molar-refractivity contribution is 0.483. The number of benzene rings is 1. The van der Waals surface area contributed by atoms with E-state index in [0.717, 1.165) is 23.4 Å². The summed E-state index contributed by atoms with van der Waals surface area (Å²) in [6, 6.07) is 7.86. The van der Waals surface area contributed by atoms with Crippen LogP contribution in [-0.4, -0.2) is 9.78 Å². The summed E-state index contributed by atoms with van der Waals surface area (Å²) in [6.45, 7) is 5.32. The molecule has 1 aromatic heterocycles. The second kappa shape index (κ2) is 4.39. The highest BCUT2D eigenvalue weighted by Crippen LogP contribution is 2.19. The first kappa shape index (κ1) is 10.7. The van der Waals surface area contributed by atoms with Crippen molar-refractivity contribution in [3.63, 3.8) is 0 Å². The fourth-order valence-electron chi connectivity index (χ4n) is 1.66. The van der Waals surface area contributed by atoms with Crippen molar-refractivity contribution in [2.24, 2.45) is 5.92 Å². The average Bonchev–Trinajstić information content (AvgIpc) is 2.66. The monoisotopic (exact) mass is 215 g/mol. The van der Waals surface area contributed by atoms with Gasteiger partial charge < -0.3 is 5.73 Å². The van der Waals surface area contributed by atoms with E-state index in [1.165, 1.54) is 0 Å². The molecule has 0 amide bonds. The number of nitrogens with two attached hydrogens (primary N) is 1. The SMILES string of the molecule is CC(C)Cn1cc(-c2ccc(N)cc2)cn1. The highest BCUT2D eigenvalue weighted by molar-refractivity contribution is 5.63. The molecule has 0 atom stereocenters. The van der Waals surface area contributed by atoms with E-state index in [9.17, 15) is 0 Å². The fraction of sp³-hybridized carbons (Fsp3) is 0.308. The number of hydrogen-bond acceptors (Lipinski definition) is 2. The minimum absolute atomic E-state index is 0.610. The molecular weight excluding hydrogens is 198 g/mol. The van der Waals surface area contributed by atoms with Crippen molar-refractivity contribution < 1.29 is 0 Å². The van der Waals surface area contributed by atoms with Crippen molar-refractivity contribution in [2.75, 3.05) is 5.73 Å². The van der Waals surface area contributed by atoms with Crippen molar-refractivity contribution in [3.05, 3.63) is 36.7 Å². The molecule has 1 heterocycles. The van der Waals surface area contributed by atoms with Crippen molar-refractivity contribution in [1.29, 1.82) is 0 Å². The first-order chi connectivity index (χ1) is 7.65. The zero-order valence-corrected chi connectivity index (χ0v) is 9.72. The summed E-state index contributed by atoms with van der Waals surface area (Å²) in [4.78, 5) is 0. The van der Waals surface area contributed by atoms with Gasteiger partial charge in [-0.25, -0.2) is 0 Å². The molecule has 3 nitrogen and oxygen atoms in total. The average molecular weight is 215 g/mol. The second-order valence-electron chi connectivity index (χ2n) is 4.47. The van der Waals surface area contributed by atoms with Crippen LogP contribution in [-0.2, 0) is 6.54 Å². The van der Waals surface area contributed by atoms with Gasteiger partial charge in [-0.15, -0.1) is 0 Å². The van der Waals surface area contributed by atoms with Gasteiger partial charge in [0.1, 0.15) is 0 Å². The molecule has 0 aliphatic rings. The van der Waals surface area contributed by atoms with Crippen LogP contribution in [0.25, 0.3) is 11.1 Å². The number of aromatic nitrogens is 2. The highest BCUT2D eigenvalue weighted by atomic mass is 15.3. The summed E-state index contributed by atoms with van der Waals surface area (Å²) in [7, 11) is 0. The van der Waals surface area contributed by atoms with Gasteiger partial charge in [0.2, 0.25) is 0 Å². The van der Waals surface area contributed by atoms with Gasteiger partial charge >= 0.3 is 0 Å². The van der Waals surface area contributed by atoms with Crippen LogP contribution >= 0.6 is 0 Å². The maximum absolute atomic E-state index is 5.66. The van der Waals surface area contributed by atoms with E-state index >= 15 is 0 Å². The summed E-state index contributed by atoms with van der Waals surface area (Å²) in [5.74, 6) is 0.610. The van der Waals surface area contributed by atoms with Gasteiger partial charge in [0.05, 0.1) is 6.20 Å². The Hall–Kier alpha value is -1.77. The van der Waals surface area contributed by atoms with Gasteiger partial charge in [-0.2, -0.15) is 5.10 Å². The zero-order valence-electron chi connectivity index (χ0n) is 9.72. The van der Waals surface area contributed by atoms with E-state index in [2.05, 4.69) is 25.1 Å². The van der Waals surface area contributed by atoms with Crippen LogP contribution < -0.4 is 5.73 Å². The summed E-state index contributed by atoms with van der Waals surface area (Å²) >= 11 is 0. The van der Waals surface area contributed by atoms with Crippen LogP contribution in [0, 0.1) is 5.92 Å². The Balaban J connectivity index is 2.21. The molecule has 0 unspecified atom stereocenters. The largest absolute Gasteiger partial charge is 0.399 e. The predicted octanol–water partition coefficient (Wildman–Crippen LogP) is 2.79. The molecule has 0 bridgehead atoms. The Morgan fingerprint density at radius 1 is 1.19 bits per heavy atom. The standard InChI is InChI=1S/C13H17N3/c1-10(2)8-16-9-12(7-15-16)11-3-5-13(14)6-4-11/h3-7,9-10H,8,14H2,1-2H3. The molecule has 0 aliphatic carbocycles. The molecule has 0 fully saturated rings. The Morgan fingerprint density at radius 3 is 2.50 bits per heavy atom. The molecule has 0 saturated carbocycles. The Labute approximate surface area is 95.9 Å². The molecule has 0 saturated heterocycles. The second-order valence-corrected chi connectivity index (χ2v) is 4.47. The van der Waals surface area contributed by atoms with Gasteiger partial charge in [-0.05, 0) is 23.6 Å². The predicted molar refractivity (Wildman–Crippen MR) is 66.9 cm³/mol. The molecule has 0 aliphatic heterocycles. The van der Waals surface area contributed by atoms with E-state index in [1.807, 2.05) is 35.1 Å². The Morgan fingerprint density at radius 2 is 1.88 bits per heavy atom. The third-order valence-electron chi connectivity index (χ3n) is 2.43. The van der Waals surface area contributed by atoms with E-state index in [0.29, 0.717) is 5.92 Å².